The van der Waals surface area contributed by atoms with E-state index in [1.54, 1.807) is 0 Å². The van der Waals surface area contributed by atoms with Gasteiger partial charge in [-0.25, -0.2) is 4.39 Å². The molecule has 1 aromatic heterocycles. The number of primary amides is 1. The average molecular weight is 241 g/mol. The van der Waals surface area contributed by atoms with Crippen molar-refractivity contribution in [1.29, 1.82) is 0 Å². The second-order valence-electron chi connectivity index (χ2n) is 3.01. The van der Waals surface area contributed by atoms with E-state index in [1.807, 2.05) is 0 Å². The predicted molar refractivity (Wildman–Crippen MR) is 55.3 cm³/mol. The first-order valence-electron chi connectivity index (χ1n) is 4.25. The molecule has 0 saturated heterocycles. The van der Waals surface area contributed by atoms with Crippen LogP contribution in [0.15, 0.2) is 18.2 Å². The first-order chi connectivity index (χ1) is 7.59. The summed E-state index contributed by atoms with van der Waals surface area (Å²) in [5, 5.41) is 9.57. The second-order valence-corrected chi connectivity index (χ2v) is 3.42. The number of rotatable bonds is 2. The highest BCUT2D eigenvalue weighted by Crippen LogP contribution is 2.24. The quantitative estimate of drug-likeness (QED) is 0.831. The molecule has 0 aliphatic carbocycles. The van der Waals surface area contributed by atoms with Gasteiger partial charge in [-0.05, 0) is 18.2 Å². The topological polar surface area (TPSA) is 84.7 Å². The molecule has 2 rings (SSSR count). The van der Waals surface area contributed by atoms with Gasteiger partial charge in [0.05, 0.1) is 5.02 Å². The zero-order valence-corrected chi connectivity index (χ0v) is 8.62. The summed E-state index contributed by atoms with van der Waals surface area (Å²) in [6, 6.07) is 3.96. The summed E-state index contributed by atoms with van der Waals surface area (Å²) < 4.78 is 12.9. The molecule has 0 radical (unpaired) electrons. The first kappa shape index (κ1) is 10.6. The number of nitrogens with two attached hydrogens (primary N) is 1. The van der Waals surface area contributed by atoms with E-state index in [9.17, 15) is 9.18 Å². The Kier molecular flexibility index (Phi) is 2.57. The number of aromatic amines is 1. The second kappa shape index (κ2) is 3.90. The largest absolute Gasteiger partial charge is 0.364 e. The number of amides is 1. The zero-order chi connectivity index (χ0) is 11.7. The Morgan fingerprint density at radius 2 is 2.19 bits per heavy atom. The molecule has 1 amide bonds. The molecule has 7 heteroatoms. The Morgan fingerprint density at radius 3 is 2.81 bits per heavy atom. The molecule has 0 fully saturated rings. The van der Waals surface area contributed by atoms with Crippen LogP contribution in [0.3, 0.4) is 0 Å². The fourth-order valence-corrected chi connectivity index (χ4v) is 1.43. The summed E-state index contributed by atoms with van der Waals surface area (Å²) in [6.07, 6.45) is 0. The van der Waals surface area contributed by atoms with Crippen LogP contribution in [0.5, 0.6) is 0 Å². The van der Waals surface area contributed by atoms with E-state index in [1.165, 1.54) is 18.2 Å². The summed E-state index contributed by atoms with van der Waals surface area (Å²) >= 11 is 5.61. The molecular formula is C9H6ClFN4O. The summed E-state index contributed by atoms with van der Waals surface area (Å²) in [5.41, 5.74) is 5.80. The van der Waals surface area contributed by atoms with Crippen LogP contribution in [0.25, 0.3) is 11.3 Å². The standard InChI is InChI=1S/C9H6ClFN4O/c10-5-3-4(1-2-6(5)11)7-8(9(12)16)14-15-13-7/h1-3H,(H2,12,16)(H,13,14,15). The predicted octanol–water partition coefficient (Wildman–Crippen LogP) is 1.36. The van der Waals surface area contributed by atoms with Crippen molar-refractivity contribution in [3.8, 4) is 11.3 Å². The van der Waals surface area contributed by atoms with Gasteiger partial charge in [-0.15, -0.1) is 0 Å². The number of halogens is 2. The monoisotopic (exact) mass is 240 g/mol. The minimum atomic E-state index is -0.718. The number of carbonyl (C=O) groups is 1. The molecule has 0 aliphatic rings. The highest BCUT2D eigenvalue weighted by molar-refractivity contribution is 6.31. The molecule has 0 unspecified atom stereocenters. The summed E-state index contributed by atoms with van der Waals surface area (Å²) in [5.74, 6) is -1.27. The first-order valence-corrected chi connectivity index (χ1v) is 4.63. The fraction of sp³-hybridized carbons (Fsp3) is 0. The molecule has 1 aromatic carbocycles. The van der Waals surface area contributed by atoms with Crippen LogP contribution in [-0.2, 0) is 0 Å². The Balaban J connectivity index is 2.54. The van der Waals surface area contributed by atoms with Crippen molar-refractivity contribution < 1.29 is 9.18 Å². The van der Waals surface area contributed by atoms with Crippen molar-refractivity contribution in [3.63, 3.8) is 0 Å². The van der Waals surface area contributed by atoms with Gasteiger partial charge in [-0.2, -0.15) is 15.4 Å². The lowest BCUT2D eigenvalue weighted by molar-refractivity contribution is 0.0996. The van der Waals surface area contributed by atoms with Crippen LogP contribution in [0.4, 0.5) is 4.39 Å². The number of hydrogen-bond acceptors (Lipinski definition) is 3. The Bertz CT molecular complexity index is 554. The highest BCUT2D eigenvalue weighted by atomic mass is 35.5. The smallest absolute Gasteiger partial charge is 0.271 e. The van der Waals surface area contributed by atoms with Crippen molar-refractivity contribution in [2.45, 2.75) is 0 Å². The van der Waals surface area contributed by atoms with Crippen LogP contribution in [0.1, 0.15) is 10.5 Å². The molecule has 0 bridgehead atoms. The zero-order valence-electron chi connectivity index (χ0n) is 7.87. The number of aromatic nitrogens is 3. The lowest BCUT2D eigenvalue weighted by Crippen LogP contribution is -2.12. The molecule has 3 N–H and O–H groups in total. The number of H-pyrrole nitrogens is 1. The molecule has 0 saturated carbocycles. The van der Waals surface area contributed by atoms with E-state index in [0.29, 0.717) is 5.56 Å². The Hall–Kier alpha value is -1.95. The number of nitrogens with one attached hydrogen (secondary N) is 1. The van der Waals surface area contributed by atoms with Gasteiger partial charge < -0.3 is 5.73 Å². The van der Waals surface area contributed by atoms with E-state index in [2.05, 4.69) is 15.4 Å². The van der Waals surface area contributed by atoms with Crippen molar-refractivity contribution in [2.24, 2.45) is 5.73 Å². The number of nitrogens with zero attached hydrogens (tertiary/aromatic N) is 2. The van der Waals surface area contributed by atoms with Crippen molar-refractivity contribution in [1.82, 2.24) is 15.4 Å². The maximum atomic E-state index is 12.9. The summed E-state index contributed by atoms with van der Waals surface area (Å²) in [4.78, 5) is 11.0. The van der Waals surface area contributed by atoms with Gasteiger partial charge in [0, 0.05) is 5.56 Å². The van der Waals surface area contributed by atoms with Crippen LogP contribution in [0, 0.1) is 5.82 Å². The molecule has 0 atom stereocenters. The van der Waals surface area contributed by atoms with Crippen molar-refractivity contribution >= 4 is 17.5 Å². The van der Waals surface area contributed by atoms with Gasteiger partial charge in [0.15, 0.2) is 5.69 Å². The van der Waals surface area contributed by atoms with Gasteiger partial charge in [-0.1, -0.05) is 11.6 Å². The van der Waals surface area contributed by atoms with Gasteiger partial charge in [0.2, 0.25) is 0 Å². The van der Waals surface area contributed by atoms with Crippen LogP contribution in [0.2, 0.25) is 5.02 Å². The SMILES string of the molecule is NC(=O)c1n[nH]nc1-c1ccc(F)c(Cl)c1. The van der Waals surface area contributed by atoms with Crippen molar-refractivity contribution in [2.75, 3.05) is 0 Å². The molecule has 0 aliphatic heterocycles. The summed E-state index contributed by atoms with van der Waals surface area (Å²) in [6.45, 7) is 0. The third-order valence-corrected chi connectivity index (χ3v) is 2.26. The Morgan fingerprint density at radius 1 is 1.44 bits per heavy atom. The molecule has 1 heterocycles. The minimum absolute atomic E-state index is 0.0114. The van der Waals surface area contributed by atoms with E-state index >= 15 is 0 Å². The third-order valence-electron chi connectivity index (χ3n) is 1.97. The lowest BCUT2D eigenvalue weighted by Gasteiger charge is -1.99. The number of carbonyl (C=O) groups excluding carboxylic acids is 1. The van der Waals surface area contributed by atoms with Gasteiger partial charge in [0.1, 0.15) is 11.5 Å². The number of hydrogen-bond donors (Lipinski definition) is 2. The van der Waals surface area contributed by atoms with Gasteiger partial charge in [-0.3, -0.25) is 4.79 Å². The highest BCUT2D eigenvalue weighted by Gasteiger charge is 2.15. The van der Waals surface area contributed by atoms with Crippen LogP contribution < -0.4 is 5.73 Å². The Labute approximate surface area is 94.4 Å². The van der Waals surface area contributed by atoms with Gasteiger partial charge >= 0.3 is 0 Å². The van der Waals surface area contributed by atoms with E-state index in [-0.39, 0.29) is 16.4 Å². The number of benzene rings is 1. The molecule has 16 heavy (non-hydrogen) atoms. The fourth-order valence-electron chi connectivity index (χ4n) is 1.25. The average Bonchev–Trinajstić information content (AvgIpc) is 2.71. The van der Waals surface area contributed by atoms with Gasteiger partial charge in [0.25, 0.3) is 5.91 Å². The van der Waals surface area contributed by atoms with E-state index in [0.717, 1.165) is 0 Å². The normalized spacial score (nSPS) is 10.4. The molecule has 0 spiro atoms. The van der Waals surface area contributed by atoms with Crippen LogP contribution in [-0.4, -0.2) is 21.3 Å². The van der Waals surface area contributed by atoms with E-state index in [4.69, 9.17) is 17.3 Å². The third kappa shape index (κ3) is 1.74. The van der Waals surface area contributed by atoms with E-state index < -0.39 is 11.7 Å². The maximum absolute atomic E-state index is 12.9. The molecule has 5 nitrogen and oxygen atoms in total. The maximum Gasteiger partial charge on any atom is 0.271 e. The molecule has 82 valence electrons. The van der Waals surface area contributed by atoms with Crippen molar-refractivity contribution in [3.05, 3.63) is 34.7 Å². The molecular weight excluding hydrogens is 235 g/mol. The lowest BCUT2D eigenvalue weighted by atomic mass is 10.1. The minimum Gasteiger partial charge on any atom is -0.364 e. The summed E-state index contributed by atoms with van der Waals surface area (Å²) in [7, 11) is 0. The van der Waals surface area contributed by atoms with Crippen LogP contribution >= 0.6 is 11.6 Å². The molecule has 2 aromatic rings.